The predicted molar refractivity (Wildman–Crippen MR) is 62.5 cm³/mol. The van der Waals surface area contributed by atoms with Crippen LogP contribution in [0.3, 0.4) is 0 Å². The van der Waals surface area contributed by atoms with Crippen LogP contribution in [-0.2, 0) is 9.47 Å². The van der Waals surface area contributed by atoms with Gasteiger partial charge in [-0.25, -0.2) is 0 Å². The van der Waals surface area contributed by atoms with Gasteiger partial charge in [-0.05, 0) is 25.7 Å². The van der Waals surface area contributed by atoms with E-state index in [0.717, 1.165) is 19.8 Å². The molecule has 0 aromatic carbocycles. The number of hydrogen-bond acceptors (Lipinski definition) is 3. The topological polar surface area (TPSA) is 30.5 Å². The Morgan fingerprint density at radius 1 is 1.00 bits per heavy atom. The van der Waals surface area contributed by atoms with Crippen molar-refractivity contribution < 1.29 is 9.47 Å². The Kier molecular flexibility index (Phi) is 3.18. The molecule has 2 aliphatic heterocycles. The minimum Gasteiger partial charge on any atom is -0.378 e. The van der Waals surface area contributed by atoms with Gasteiger partial charge in [0.1, 0.15) is 0 Å². The third-order valence-electron chi connectivity index (χ3n) is 4.37. The van der Waals surface area contributed by atoms with E-state index in [0.29, 0.717) is 12.1 Å². The van der Waals surface area contributed by atoms with Crippen molar-refractivity contribution in [2.75, 3.05) is 19.8 Å². The van der Waals surface area contributed by atoms with Crippen molar-refractivity contribution in [1.29, 1.82) is 0 Å². The van der Waals surface area contributed by atoms with Crippen LogP contribution in [0.5, 0.6) is 0 Å². The summed E-state index contributed by atoms with van der Waals surface area (Å²) in [7, 11) is 0. The summed E-state index contributed by atoms with van der Waals surface area (Å²) >= 11 is 0. The summed E-state index contributed by atoms with van der Waals surface area (Å²) in [6.07, 6.45) is 9.10. The van der Waals surface area contributed by atoms with Crippen LogP contribution in [0, 0.1) is 0 Å². The first-order chi connectivity index (χ1) is 7.86. The highest BCUT2D eigenvalue weighted by atomic mass is 16.5. The fourth-order valence-electron chi connectivity index (χ4n) is 3.38. The average molecular weight is 225 g/mol. The van der Waals surface area contributed by atoms with Gasteiger partial charge in [-0.1, -0.05) is 19.3 Å². The van der Waals surface area contributed by atoms with Gasteiger partial charge in [0.25, 0.3) is 0 Å². The van der Waals surface area contributed by atoms with Gasteiger partial charge in [0.05, 0.1) is 24.9 Å². The lowest BCUT2D eigenvalue weighted by molar-refractivity contribution is -0.115. The maximum atomic E-state index is 6.10. The Morgan fingerprint density at radius 3 is 2.50 bits per heavy atom. The second kappa shape index (κ2) is 4.63. The summed E-state index contributed by atoms with van der Waals surface area (Å²) in [5.41, 5.74) is 0.235. The monoisotopic (exact) mass is 225 g/mol. The van der Waals surface area contributed by atoms with Gasteiger partial charge in [-0.15, -0.1) is 0 Å². The van der Waals surface area contributed by atoms with Gasteiger partial charge < -0.3 is 14.8 Å². The lowest BCUT2D eigenvalue weighted by Gasteiger charge is -2.45. The molecule has 0 amide bonds. The Morgan fingerprint density at radius 2 is 1.81 bits per heavy atom. The summed E-state index contributed by atoms with van der Waals surface area (Å²) in [6, 6.07) is 1.28. The molecule has 1 aliphatic carbocycles. The Hall–Kier alpha value is -0.120. The molecule has 3 fully saturated rings. The van der Waals surface area contributed by atoms with Crippen LogP contribution >= 0.6 is 0 Å². The molecule has 2 heterocycles. The van der Waals surface area contributed by atoms with Gasteiger partial charge >= 0.3 is 0 Å². The maximum Gasteiger partial charge on any atom is 0.0697 e. The van der Waals surface area contributed by atoms with Gasteiger partial charge in [-0.3, -0.25) is 0 Å². The molecule has 1 spiro atoms. The highest BCUT2D eigenvalue weighted by Crippen LogP contribution is 2.38. The van der Waals surface area contributed by atoms with E-state index in [1.54, 1.807) is 0 Å². The van der Waals surface area contributed by atoms with E-state index in [9.17, 15) is 0 Å². The predicted octanol–water partition coefficient (Wildman–Crippen LogP) is 1.86. The number of ether oxygens (including phenoxy) is 2. The molecule has 1 N–H and O–H groups in total. The second-order valence-electron chi connectivity index (χ2n) is 5.68. The summed E-state index contributed by atoms with van der Waals surface area (Å²) in [6.45, 7) is 2.76. The van der Waals surface area contributed by atoms with Gasteiger partial charge in [0, 0.05) is 12.6 Å². The average Bonchev–Trinajstić information content (AvgIpc) is 2.25. The van der Waals surface area contributed by atoms with E-state index >= 15 is 0 Å². The smallest absolute Gasteiger partial charge is 0.0697 e. The van der Waals surface area contributed by atoms with Crippen LogP contribution in [0.2, 0.25) is 0 Å². The summed E-state index contributed by atoms with van der Waals surface area (Å²) in [5, 5.41) is 3.72. The fourth-order valence-corrected chi connectivity index (χ4v) is 3.38. The molecule has 1 atom stereocenters. The van der Waals surface area contributed by atoms with Crippen LogP contribution in [0.4, 0.5) is 0 Å². The highest BCUT2D eigenvalue weighted by molar-refractivity contribution is 4.93. The third-order valence-corrected chi connectivity index (χ3v) is 4.37. The number of hydrogen-bond donors (Lipinski definition) is 1. The zero-order chi connectivity index (χ0) is 10.8. The largest absolute Gasteiger partial charge is 0.378 e. The molecule has 1 saturated carbocycles. The van der Waals surface area contributed by atoms with E-state index in [4.69, 9.17) is 9.47 Å². The van der Waals surface area contributed by atoms with Crippen molar-refractivity contribution in [2.45, 2.75) is 62.6 Å². The first-order valence-electron chi connectivity index (χ1n) is 6.84. The van der Waals surface area contributed by atoms with Crippen LogP contribution in [-0.4, -0.2) is 37.5 Å². The van der Waals surface area contributed by atoms with Crippen molar-refractivity contribution in [2.24, 2.45) is 0 Å². The first-order valence-corrected chi connectivity index (χ1v) is 6.84. The highest BCUT2D eigenvalue weighted by Gasteiger charge is 2.39. The number of nitrogens with one attached hydrogen (secondary N) is 1. The van der Waals surface area contributed by atoms with Crippen molar-refractivity contribution in [3.63, 3.8) is 0 Å². The van der Waals surface area contributed by atoms with E-state index in [1.807, 2.05) is 0 Å². The van der Waals surface area contributed by atoms with E-state index < -0.39 is 0 Å². The maximum absolute atomic E-state index is 6.10. The van der Waals surface area contributed by atoms with E-state index in [2.05, 4.69) is 5.32 Å². The summed E-state index contributed by atoms with van der Waals surface area (Å²) in [5.74, 6) is 0. The van der Waals surface area contributed by atoms with Crippen molar-refractivity contribution in [3.8, 4) is 0 Å². The summed E-state index contributed by atoms with van der Waals surface area (Å²) in [4.78, 5) is 0. The lowest BCUT2D eigenvalue weighted by Crippen LogP contribution is -2.55. The molecule has 3 aliphatic rings. The first kappa shape index (κ1) is 11.0. The molecule has 0 bridgehead atoms. The van der Waals surface area contributed by atoms with Crippen LogP contribution in [0.1, 0.15) is 44.9 Å². The van der Waals surface area contributed by atoms with Crippen molar-refractivity contribution in [1.82, 2.24) is 5.32 Å². The van der Waals surface area contributed by atoms with E-state index in [1.165, 1.54) is 44.9 Å². The van der Waals surface area contributed by atoms with E-state index in [-0.39, 0.29) is 5.60 Å². The Balaban J connectivity index is 1.55. The number of rotatable bonds is 2. The Labute approximate surface area is 97.9 Å². The third kappa shape index (κ3) is 2.27. The zero-order valence-electron chi connectivity index (χ0n) is 10.0. The molecule has 3 heteroatoms. The molecule has 3 nitrogen and oxygen atoms in total. The van der Waals surface area contributed by atoms with Gasteiger partial charge in [0.2, 0.25) is 0 Å². The molecule has 16 heavy (non-hydrogen) atoms. The molecule has 2 saturated heterocycles. The molecule has 92 valence electrons. The zero-order valence-corrected chi connectivity index (χ0v) is 10.0. The molecule has 0 radical (unpaired) electrons. The molecular weight excluding hydrogens is 202 g/mol. The van der Waals surface area contributed by atoms with Crippen LogP contribution < -0.4 is 5.32 Å². The molecule has 0 aromatic rings. The fraction of sp³-hybridized carbons (Fsp3) is 1.00. The second-order valence-corrected chi connectivity index (χ2v) is 5.68. The van der Waals surface area contributed by atoms with Crippen LogP contribution in [0.25, 0.3) is 0 Å². The standard InChI is InChI=1S/C13H23NO2/c1-2-5-13(6-3-1)8-11(4-7-16-13)14-12-9-15-10-12/h11-12,14H,1-10H2. The van der Waals surface area contributed by atoms with Crippen molar-refractivity contribution >= 4 is 0 Å². The lowest BCUT2D eigenvalue weighted by atomic mass is 9.78. The molecule has 3 rings (SSSR count). The molecule has 0 aromatic heterocycles. The molecular formula is C13H23NO2. The van der Waals surface area contributed by atoms with Crippen LogP contribution in [0.15, 0.2) is 0 Å². The Bertz CT molecular complexity index is 229. The minimum absolute atomic E-state index is 0.235. The molecule has 1 unspecified atom stereocenters. The summed E-state index contributed by atoms with van der Waals surface area (Å²) < 4.78 is 11.3. The van der Waals surface area contributed by atoms with Gasteiger partial charge in [0.15, 0.2) is 0 Å². The van der Waals surface area contributed by atoms with Crippen molar-refractivity contribution in [3.05, 3.63) is 0 Å². The van der Waals surface area contributed by atoms with Gasteiger partial charge in [-0.2, -0.15) is 0 Å². The normalized spacial score (nSPS) is 34.9. The quantitative estimate of drug-likeness (QED) is 0.778. The SMILES string of the molecule is C1CCC2(CC1)CC(NC1COC1)CCO2. The minimum atomic E-state index is 0.235.